The fraction of sp³-hybridized carbons (Fsp3) is 0.467. The van der Waals surface area contributed by atoms with E-state index in [1.54, 1.807) is 35.5 Å². The highest BCUT2D eigenvalue weighted by atomic mass is 19.3. The number of rotatable bonds is 10. The van der Waals surface area contributed by atoms with Crippen LogP contribution >= 0.6 is 0 Å². The van der Waals surface area contributed by atoms with E-state index in [0.29, 0.717) is 66.8 Å². The number of piperidine rings is 1. The lowest BCUT2D eigenvalue weighted by atomic mass is 9.85. The Hall–Kier alpha value is -6.34. The number of aromatic nitrogens is 3. The van der Waals surface area contributed by atoms with Crippen molar-refractivity contribution >= 4 is 58.2 Å². The fourth-order valence-electron chi connectivity index (χ4n) is 10.4. The zero-order valence-electron chi connectivity index (χ0n) is 35.3. The summed E-state index contributed by atoms with van der Waals surface area (Å²) in [6, 6.07) is 9.83. The number of imide groups is 2. The Morgan fingerprint density at radius 3 is 2.30 bits per heavy atom. The van der Waals surface area contributed by atoms with Crippen LogP contribution in [0.1, 0.15) is 85.5 Å². The molecule has 1 saturated carbocycles. The molecule has 0 spiro atoms. The molecule has 2 aromatic carbocycles. The highest BCUT2D eigenvalue weighted by Gasteiger charge is 2.45. The summed E-state index contributed by atoms with van der Waals surface area (Å²) in [6.07, 6.45) is 6.28. The molecule has 5 aliphatic heterocycles. The van der Waals surface area contributed by atoms with Crippen LogP contribution in [0.3, 0.4) is 0 Å². The van der Waals surface area contributed by atoms with E-state index in [-0.39, 0.29) is 48.4 Å². The second kappa shape index (κ2) is 17.0. The van der Waals surface area contributed by atoms with Crippen molar-refractivity contribution in [1.82, 2.24) is 39.5 Å². The maximum absolute atomic E-state index is 14.2. The largest absolute Gasteiger partial charge is 0.369 e. The van der Waals surface area contributed by atoms with Crippen molar-refractivity contribution in [2.45, 2.75) is 63.6 Å². The molecule has 3 saturated heterocycles. The van der Waals surface area contributed by atoms with Crippen molar-refractivity contribution < 1.29 is 37.5 Å². The van der Waals surface area contributed by atoms with E-state index in [0.717, 1.165) is 74.6 Å². The predicted octanol–water partition coefficient (Wildman–Crippen LogP) is 3.11. The molecule has 1 aliphatic carbocycles. The van der Waals surface area contributed by atoms with E-state index in [2.05, 4.69) is 35.4 Å². The Morgan fingerprint density at radius 1 is 0.812 bits per heavy atom. The third-order valence-electron chi connectivity index (χ3n) is 13.9. The Bertz CT molecular complexity index is 2540. The molecule has 10 rings (SSSR count). The average molecular weight is 878 g/mol. The van der Waals surface area contributed by atoms with E-state index in [9.17, 15) is 37.5 Å². The van der Waals surface area contributed by atoms with Crippen LogP contribution < -0.4 is 20.4 Å². The third kappa shape index (κ3) is 7.84. The number of alkyl halides is 2. The minimum absolute atomic E-state index is 0.0295. The highest BCUT2D eigenvalue weighted by Crippen LogP contribution is 2.39. The smallest absolute Gasteiger partial charge is 0.262 e. The van der Waals surface area contributed by atoms with Crippen molar-refractivity contribution in [3.63, 3.8) is 0 Å². The summed E-state index contributed by atoms with van der Waals surface area (Å²) in [7, 11) is 0. The van der Waals surface area contributed by atoms with Gasteiger partial charge in [0.05, 0.1) is 35.2 Å². The van der Waals surface area contributed by atoms with Crippen LogP contribution in [0.25, 0.3) is 5.65 Å². The zero-order chi connectivity index (χ0) is 44.2. The van der Waals surface area contributed by atoms with Crippen molar-refractivity contribution in [3.8, 4) is 0 Å². The van der Waals surface area contributed by atoms with Gasteiger partial charge in [0.1, 0.15) is 11.6 Å². The summed E-state index contributed by atoms with van der Waals surface area (Å²) in [5.74, 6) is -1.99. The van der Waals surface area contributed by atoms with E-state index in [1.807, 2.05) is 23.1 Å². The molecule has 334 valence electrons. The maximum atomic E-state index is 14.2. The van der Waals surface area contributed by atoms with Gasteiger partial charge in [0.15, 0.2) is 5.65 Å². The van der Waals surface area contributed by atoms with E-state index in [1.165, 1.54) is 10.7 Å². The van der Waals surface area contributed by atoms with Crippen LogP contribution in [0.2, 0.25) is 0 Å². The van der Waals surface area contributed by atoms with Gasteiger partial charge in [0.2, 0.25) is 11.8 Å². The second-order valence-corrected chi connectivity index (χ2v) is 17.7. The van der Waals surface area contributed by atoms with Crippen LogP contribution in [0.15, 0.2) is 55.0 Å². The van der Waals surface area contributed by atoms with Crippen LogP contribution in [-0.4, -0.2) is 154 Å². The summed E-state index contributed by atoms with van der Waals surface area (Å²) in [5.41, 5.74) is 4.79. The van der Waals surface area contributed by atoms with Crippen molar-refractivity contribution in [3.05, 3.63) is 82.8 Å². The molecular weight excluding hydrogens is 829 g/mol. The van der Waals surface area contributed by atoms with E-state index < -0.39 is 36.1 Å². The minimum Gasteiger partial charge on any atom is -0.369 e. The van der Waals surface area contributed by atoms with Crippen molar-refractivity contribution in [2.24, 2.45) is 5.92 Å². The standard InChI is InChI=1S/C45H49F2N11O6/c46-38(47)26-53-14-18-55(19-15-53)37-22-32-28(20-35(37)50-41(60)34-23-49-57-11-1-10-48-40(34)57)25-56(43(32)62)29-4-2-27(3-5-29)24-52-12-16-54(17-13-52)30-6-7-31-33(21-30)45(64)58(44(31)63)36-8-9-39(59)51-42(36)61/h1,6-7,10-11,20-23,27,29,36,38H,2-5,8-9,12-19,24-26H2,(H,50,60)(H,51,59,61). The van der Waals surface area contributed by atoms with Crippen LogP contribution in [-0.2, 0) is 16.1 Å². The Kier molecular flexibility index (Phi) is 11.1. The monoisotopic (exact) mass is 877 g/mol. The molecule has 1 atom stereocenters. The molecular formula is C45H49F2N11O6. The summed E-state index contributed by atoms with van der Waals surface area (Å²) < 4.78 is 27.9. The normalized spacial score (nSPS) is 23.4. The van der Waals surface area contributed by atoms with Gasteiger partial charge in [-0.1, -0.05) is 0 Å². The van der Waals surface area contributed by atoms with E-state index in [4.69, 9.17) is 0 Å². The van der Waals surface area contributed by atoms with Crippen molar-refractivity contribution in [2.75, 3.05) is 80.6 Å². The number of hydrogen-bond acceptors (Lipinski definition) is 12. The predicted molar refractivity (Wildman–Crippen MR) is 229 cm³/mol. The zero-order valence-corrected chi connectivity index (χ0v) is 35.3. The van der Waals surface area contributed by atoms with Crippen LogP contribution in [0, 0.1) is 5.92 Å². The van der Waals surface area contributed by atoms with Gasteiger partial charge >= 0.3 is 0 Å². The molecule has 0 bridgehead atoms. The number of nitrogens with one attached hydrogen (secondary N) is 2. The first kappa shape index (κ1) is 41.7. The van der Waals surface area contributed by atoms with Gasteiger partial charge in [-0.3, -0.25) is 48.8 Å². The molecule has 6 aliphatic rings. The minimum atomic E-state index is -2.42. The molecule has 2 aromatic heterocycles. The van der Waals surface area contributed by atoms with Gasteiger partial charge in [-0.15, -0.1) is 0 Å². The number of fused-ring (bicyclic) bond motifs is 3. The highest BCUT2D eigenvalue weighted by molar-refractivity contribution is 6.23. The molecule has 1 unspecified atom stereocenters. The summed E-state index contributed by atoms with van der Waals surface area (Å²) in [5, 5.41) is 9.58. The lowest BCUT2D eigenvalue weighted by Gasteiger charge is -2.40. The molecule has 0 radical (unpaired) electrons. The number of amides is 6. The summed E-state index contributed by atoms with van der Waals surface area (Å²) in [6.45, 7) is 6.06. The number of piperazine rings is 2. The Balaban J connectivity index is 0.755. The number of hydrogen-bond donors (Lipinski definition) is 2. The van der Waals surface area contributed by atoms with Gasteiger partial charge < -0.3 is 20.0 Å². The molecule has 7 heterocycles. The average Bonchev–Trinajstić information content (AvgIpc) is 3.95. The third-order valence-corrected chi connectivity index (χ3v) is 13.9. The summed E-state index contributed by atoms with van der Waals surface area (Å²) in [4.78, 5) is 94.4. The van der Waals surface area contributed by atoms with Gasteiger partial charge in [-0.25, -0.2) is 18.3 Å². The first-order valence-corrected chi connectivity index (χ1v) is 22.1. The summed E-state index contributed by atoms with van der Waals surface area (Å²) >= 11 is 0. The molecule has 19 heteroatoms. The number of halogens is 2. The molecule has 4 fully saturated rings. The second-order valence-electron chi connectivity index (χ2n) is 17.7. The quantitative estimate of drug-likeness (QED) is 0.223. The lowest BCUT2D eigenvalue weighted by molar-refractivity contribution is -0.136. The molecule has 4 aromatic rings. The van der Waals surface area contributed by atoms with Gasteiger partial charge in [0.25, 0.3) is 30.1 Å². The maximum Gasteiger partial charge on any atom is 0.262 e. The van der Waals surface area contributed by atoms with Crippen molar-refractivity contribution in [1.29, 1.82) is 0 Å². The fourth-order valence-corrected chi connectivity index (χ4v) is 10.4. The first-order chi connectivity index (χ1) is 31.0. The molecule has 2 N–H and O–H groups in total. The number of nitrogens with zero attached hydrogens (tertiary/aromatic N) is 9. The topological polar surface area (TPSA) is 176 Å². The lowest BCUT2D eigenvalue weighted by Crippen LogP contribution is -2.54. The first-order valence-electron chi connectivity index (χ1n) is 22.1. The SMILES string of the molecule is O=C1CCC(N2C(=O)c3ccc(N4CCN(CC5CCC(N6Cc7cc(NC(=O)c8cnn9cccnc89)c(N8CCN(CC(F)F)CC8)cc7C6=O)CC5)CC4)cc3C2=O)C(=O)N1. The molecule has 6 amide bonds. The number of anilines is 3. The number of carbonyl (C=O) groups is 6. The Labute approximate surface area is 367 Å². The number of carbonyl (C=O) groups excluding carboxylic acids is 6. The van der Waals surface area contributed by atoms with Gasteiger partial charge in [-0.05, 0) is 80.0 Å². The van der Waals surface area contributed by atoms with Crippen LogP contribution in [0.4, 0.5) is 25.8 Å². The van der Waals surface area contributed by atoms with E-state index >= 15 is 0 Å². The Morgan fingerprint density at radius 2 is 1.55 bits per heavy atom. The van der Waals surface area contributed by atoms with Gasteiger partial charge in [-0.2, -0.15) is 5.10 Å². The number of benzene rings is 2. The van der Waals surface area contributed by atoms with Crippen LogP contribution in [0.5, 0.6) is 0 Å². The molecule has 17 nitrogen and oxygen atoms in total. The van der Waals surface area contributed by atoms with Gasteiger partial charge in [0, 0.05) is 102 Å². The molecule has 64 heavy (non-hydrogen) atoms.